The number of likely N-dealkylation sites (tertiary alicyclic amines) is 1. The monoisotopic (exact) mass is 416 g/mol. The number of amides is 2. The molecule has 0 bridgehead atoms. The summed E-state index contributed by atoms with van der Waals surface area (Å²) in [7, 11) is 0. The minimum atomic E-state index is -0.290. The molecule has 3 aromatic rings. The van der Waals surface area contributed by atoms with Crippen LogP contribution in [0.25, 0.3) is 11.0 Å². The van der Waals surface area contributed by atoms with Crippen molar-refractivity contribution in [1.82, 2.24) is 14.6 Å². The molecule has 1 aliphatic rings. The van der Waals surface area contributed by atoms with Gasteiger partial charge in [0, 0.05) is 18.7 Å². The number of benzene rings is 2. The number of fused-ring (bicyclic) bond motifs is 1. The first-order chi connectivity index (χ1) is 13.5. The third kappa shape index (κ3) is 3.70. The van der Waals surface area contributed by atoms with Crippen LogP contribution in [-0.4, -0.2) is 39.5 Å². The standard InChI is InChI=1S/C20H18Cl2N4O2/c21-15-8-7-13(10-16(15)22)20(28)25-9-3-4-14(11-25)19(27)24-26-12-23-17-5-1-2-6-18(17)26/h1-2,5-8,10,12,14H,3-4,9,11H2,(H,24,27)/t14-/m1/s1. The Hall–Kier alpha value is -2.57. The second kappa shape index (κ2) is 7.81. The summed E-state index contributed by atoms with van der Waals surface area (Å²) in [6.45, 7) is 0.967. The maximum absolute atomic E-state index is 12.8. The summed E-state index contributed by atoms with van der Waals surface area (Å²) in [5, 5.41) is 0.743. The van der Waals surface area contributed by atoms with Crippen molar-refractivity contribution in [2.75, 3.05) is 18.5 Å². The summed E-state index contributed by atoms with van der Waals surface area (Å²) in [5.41, 5.74) is 5.00. The molecule has 1 N–H and O–H groups in total. The highest BCUT2D eigenvalue weighted by Gasteiger charge is 2.29. The topological polar surface area (TPSA) is 67.2 Å². The van der Waals surface area contributed by atoms with E-state index in [2.05, 4.69) is 10.4 Å². The van der Waals surface area contributed by atoms with Gasteiger partial charge in [-0.25, -0.2) is 9.66 Å². The fourth-order valence-electron chi connectivity index (χ4n) is 3.45. The molecule has 0 unspecified atom stereocenters. The van der Waals surface area contributed by atoms with Gasteiger partial charge in [0.1, 0.15) is 6.33 Å². The van der Waals surface area contributed by atoms with Crippen molar-refractivity contribution >= 4 is 46.0 Å². The highest BCUT2D eigenvalue weighted by molar-refractivity contribution is 6.42. The quantitative estimate of drug-likeness (QED) is 0.702. The summed E-state index contributed by atoms with van der Waals surface area (Å²) >= 11 is 12.0. The van der Waals surface area contributed by atoms with Crippen molar-refractivity contribution in [3.63, 3.8) is 0 Å². The van der Waals surface area contributed by atoms with Crippen LogP contribution in [0.3, 0.4) is 0 Å². The summed E-state index contributed by atoms with van der Waals surface area (Å²) in [5.74, 6) is -0.569. The van der Waals surface area contributed by atoms with Crippen LogP contribution in [0, 0.1) is 5.92 Å². The number of hydrogen-bond acceptors (Lipinski definition) is 3. The van der Waals surface area contributed by atoms with Crippen LogP contribution in [0.2, 0.25) is 10.0 Å². The fourth-order valence-corrected chi connectivity index (χ4v) is 3.74. The molecule has 1 saturated heterocycles. The molecule has 1 atom stereocenters. The summed E-state index contributed by atoms with van der Waals surface area (Å²) < 4.78 is 1.62. The highest BCUT2D eigenvalue weighted by atomic mass is 35.5. The van der Waals surface area contributed by atoms with E-state index in [1.807, 2.05) is 24.3 Å². The van der Waals surface area contributed by atoms with Crippen LogP contribution < -0.4 is 5.43 Å². The van der Waals surface area contributed by atoms with Gasteiger partial charge < -0.3 is 4.90 Å². The van der Waals surface area contributed by atoms with Crippen molar-refractivity contribution < 1.29 is 9.59 Å². The van der Waals surface area contributed by atoms with E-state index in [1.165, 1.54) is 0 Å². The largest absolute Gasteiger partial charge is 0.338 e. The van der Waals surface area contributed by atoms with E-state index in [-0.39, 0.29) is 17.7 Å². The number of carbonyl (C=O) groups excluding carboxylic acids is 2. The lowest BCUT2D eigenvalue weighted by molar-refractivity contribution is -0.122. The average Bonchev–Trinajstić information content (AvgIpc) is 3.12. The number of piperidine rings is 1. The molecule has 0 aliphatic carbocycles. The molecule has 0 saturated carbocycles. The molecule has 2 heterocycles. The van der Waals surface area contributed by atoms with Crippen LogP contribution in [0.4, 0.5) is 0 Å². The molecule has 6 nitrogen and oxygen atoms in total. The zero-order chi connectivity index (χ0) is 19.7. The first-order valence-electron chi connectivity index (χ1n) is 9.00. The Morgan fingerprint density at radius 1 is 1.11 bits per heavy atom. The normalized spacial score (nSPS) is 16.9. The fraction of sp³-hybridized carbons (Fsp3) is 0.250. The molecule has 28 heavy (non-hydrogen) atoms. The molecule has 8 heteroatoms. The highest BCUT2D eigenvalue weighted by Crippen LogP contribution is 2.25. The Morgan fingerprint density at radius 2 is 1.93 bits per heavy atom. The number of nitrogens with one attached hydrogen (secondary N) is 1. The number of nitrogens with zero attached hydrogens (tertiary/aromatic N) is 3. The number of rotatable bonds is 3. The average molecular weight is 417 g/mol. The van der Waals surface area contributed by atoms with Crippen molar-refractivity contribution in [1.29, 1.82) is 0 Å². The van der Waals surface area contributed by atoms with Crippen LogP contribution in [0.1, 0.15) is 23.2 Å². The van der Waals surface area contributed by atoms with Gasteiger partial charge in [-0.3, -0.25) is 15.0 Å². The van der Waals surface area contributed by atoms with Crippen molar-refractivity contribution in [3.8, 4) is 0 Å². The van der Waals surface area contributed by atoms with Gasteiger partial charge in [0.15, 0.2) is 0 Å². The maximum atomic E-state index is 12.8. The summed E-state index contributed by atoms with van der Waals surface area (Å²) in [4.78, 5) is 31.5. The van der Waals surface area contributed by atoms with E-state index in [4.69, 9.17) is 23.2 Å². The number of halogens is 2. The lowest BCUT2D eigenvalue weighted by Crippen LogP contribution is -2.44. The molecule has 1 aliphatic heterocycles. The number of hydrogen-bond donors (Lipinski definition) is 1. The summed E-state index contributed by atoms with van der Waals surface area (Å²) in [6.07, 6.45) is 3.07. The van der Waals surface area contributed by atoms with E-state index < -0.39 is 0 Å². The molecular weight excluding hydrogens is 399 g/mol. The Kier molecular flexibility index (Phi) is 5.24. The second-order valence-electron chi connectivity index (χ2n) is 6.80. The Bertz CT molecular complexity index is 1050. The molecule has 4 rings (SSSR count). The second-order valence-corrected chi connectivity index (χ2v) is 7.61. The van der Waals surface area contributed by atoms with Crippen LogP contribution in [0.5, 0.6) is 0 Å². The molecule has 0 spiro atoms. The molecule has 0 radical (unpaired) electrons. The van der Waals surface area contributed by atoms with E-state index in [0.29, 0.717) is 28.7 Å². The SMILES string of the molecule is O=C(Nn1cnc2ccccc21)[C@@H]1CCCN(C(=O)c2ccc(Cl)c(Cl)c2)C1. The van der Waals surface area contributed by atoms with E-state index in [0.717, 1.165) is 23.9 Å². The van der Waals surface area contributed by atoms with Crippen LogP contribution >= 0.6 is 23.2 Å². The minimum Gasteiger partial charge on any atom is -0.338 e. The lowest BCUT2D eigenvalue weighted by atomic mass is 9.96. The van der Waals surface area contributed by atoms with Gasteiger partial charge in [-0.05, 0) is 43.2 Å². The lowest BCUT2D eigenvalue weighted by Gasteiger charge is -2.32. The van der Waals surface area contributed by atoms with E-state index >= 15 is 0 Å². The van der Waals surface area contributed by atoms with Crippen LogP contribution in [-0.2, 0) is 4.79 Å². The van der Waals surface area contributed by atoms with E-state index in [1.54, 1.807) is 34.1 Å². The third-order valence-electron chi connectivity index (χ3n) is 4.93. The Labute approximate surface area is 172 Å². The number of carbonyl (C=O) groups is 2. The van der Waals surface area contributed by atoms with Crippen molar-refractivity contribution in [2.24, 2.45) is 5.92 Å². The van der Waals surface area contributed by atoms with E-state index in [9.17, 15) is 9.59 Å². The molecule has 1 aromatic heterocycles. The molecule has 144 valence electrons. The van der Waals surface area contributed by atoms with Gasteiger partial charge in [-0.1, -0.05) is 35.3 Å². The minimum absolute atomic E-state index is 0.130. The molecule has 2 aromatic carbocycles. The number of aromatic nitrogens is 2. The van der Waals surface area contributed by atoms with Gasteiger partial charge in [0.25, 0.3) is 5.91 Å². The molecular formula is C20H18Cl2N4O2. The van der Waals surface area contributed by atoms with Gasteiger partial charge >= 0.3 is 0 Å². The van der Waals surface area contributed by atoms with Gasteiger partial charge in [-0.2, -0.15) is 0 Å². The third-order valence-corrected chi connectivity index (χ3v) is 5.67. The van der Waals surface area contributed by atoms with Crippen LogP contribution in [0.15, 0.2) is 48.8 Å². The predicted octanol–water partition coefficient (Wildman–Crippen LogP) is 3.97. The Balaban J connectivity index is 1.46. The smallest absolute Gasteiger partial charge is 0.253 e. The molecule has 2 amide bonds. The maximum Gasteiger partial charge on any atom is 0.253 e. The molecule has 1 fully saturated rings. The number of imidazole rings is 1. The van der Waals surface area contributed by atoms with Gasteiger partial charge in [0.05, 0.1) is 27.0 Å². The number of para-hydroxylation sites is 2. The predicted molar refractivity (Wildman–Crippen MR) is 109 cm³/mol. The van der Waals surface area contributed by atoms with Crippen molar-refractivity contribution in [2.45, 2.75) is 12.8 Å². The van der Waals surface area contributed by atoms with Crippen molar-refractivity contribution in [3.05, 3.63) is 64.4 Å². The first kappa shape index (κ1) is 18.8. The Morgan fingerprint density at radius 3 is 2.75 bits per heavy atom. The first-order valence-corrected chi connectivity index (χ1v) is 9.76. The van der Waals surface area contributed by atoms with Gasteiger partial charge in [-0.15, -0.1) is 0 Å². The zero-order valence-electron chi connectivity index (χ0n) is 14.9. The summed E-state index contributed by atoms with van der Waals surface area (Å²) in [6, 6.07) is 12.4. The van der Waals surface area contributed by atoms with Gasteiger partial charge in [0.2, 0.25) is 5.91 Å². The zero-order valence-corrected chi connectivity index (χ0v) is 16.5.